The van der Waals surface area contributed by atoms with Crippen molar-refractivity contribution in [3.8, 4) is 0 Å². The lowest BCUT2D eigenvalue weighted by Gasteiger charge is -2.31. The smallest absolute Gasteiger partial charge is 0.122 e. The quantitative estimate of drug-likeness (QED) is 0.904. The van der Waals surface area contributed by atoms with E-state index in [0.29, 0.717) is 0 Å². The molecule has 1 aliphatic rings. The van der Waals surface area contributed by atoms with E-state index >= 15 is 0 Å². The van der Waals surface area contributed by atoms with E-state index in [9.17, 15) is 0 Å². The van der Waals surface area contributed by atoms with Gasteiger partial charge in [0.05, 0.1) is 6.33 Å². The molecule has 0 aliphatic carbocycles. The van der Waals surface area contributed by atoms with Crippen LogP contribution >= 0.6 is 0 Å². The van der Waals surface area contributed by atoms with Crippen LogP contribution < -0.4 is 0 Å². The van der Waals surface area contributed by atoms with Crippen LogP contribution in [0.4, 0.5) is 0 Å². The number of piperidine rings is 1. The van der Waals surface area contributed by atoms with Crippen molar-refractivity contribution >= 4 is 0 Å². The van der Waals surface area contributed by atoms with Gasteiger partial charge in [-0.2, -0.15) is 0 Å². The number of H-pyrrole nitrogens is 1. The lowest BCUT2D eigenvalue weighted by Crippen LogP contribution is -2.34. The summed E-state index contributed by atoms with van der Waals surface area (Å²) in [5.74, 6) is 0.758. The molecule has 0 amide bonds. The van der Waals surface area contributed by atoms with Gasteiger partial charge in [0.15, 0.2) is 0 Å². The van der Waals surface area contributed by atoms with E-state index < -0.39 is 0 Å². The number of hydrogen-bond acceptors (Lipinski definition) is 5. The lowest BCUT2D eigenvalue weighted by atomic mass is 9.92. The van der Waals surface area contributed by atoms with Crippen molar-refractivity contribution in [1.29, 1.82) is 0 Å². The third kappa shape index (κ3) is 3.01. The van der Waals surface area contributed by atoms with E-state index in [-0.39, 0.29) is 0 Å². The Morgan fingerprint density at radius 3 is 2.84 bits per heavy atom. The van der Waals surface area contributed by atoms with E-state index in [1.54, 1.807) is 6.33 Å². The van der Waals surface area contributed by atoms with Crippen LogP contribution in [0.1, 0.15) is 29.9 Å². The van der Waals surface area contributed by atoms with Crippen molar-refractivity contribution < 1.29 is 4.63 Å². The number of aromatic nitrogens is 4. The van der Waals surface area contributed by atoms with Crippen LogP contribution in [0.25, 0.3) is 0 Å². The molecule has 3 rings (SSSR count). The summed E-state index contributed by atoms with van der Waals surface area (Å²) in [5, 5.41) is 7.77. The van der Waals surface area contributed by atoms with E-state index in [4.69, 9.17) is 4.63 Å². The predicted octanol–water partition coefficient (Wildman–Crippen LogP) is 1.56. The topological polar surface area (TPSA) is 70.8 Å². The van der Waals surface area contributed by atoms with Gasteiger partial charge in [-0.1, -0.05) is 10.3 Å². The van der Waals surface area contributed by atoms with E-state index in [0.717, 1.165) is 43.4 Å². The van der Waals surface area contributed by atoms with Crippen LogP contribution in [0.15, 0.2) is 17.2 Å². The summed E-state index contributed by atoms with van der Waals surface area (Å²) >= 11 is 0. The number of aryl methyl sites for hydroxylation is 1. The fourth-order valence-corrected chi connectivity index (χ4v) is 2.66. The molecule has 1 aliphatic heterocycles. The number of imidazole rings is 1. The Kier molecular flexibility index (Phi) is 3.59. The molecule has 0 saturated carbocycles. The van der Waals surface area contributed by atoms with Crippen LogP contribution in [0.3, 0.4) is 0 Å². The van der Waals surface area contributed by atoms with Gasteiger partial charge >= 0.3 is 0 Å². The van der Waals surface area contributed by atoms with Gasteiger partial charge in [0.2, 0.25) is 0 Å². The molecule has 0 spiro atoms. The van der Waals surface area contributed by atoms with Crippen molar-refractivity contribution in [2.75, 3.05) is 13.1 Å². The van der Waals surface area contributed by atoms with Gasteiger partial charge in [0, 0.05) is 18.4 Å². The van der Waals surface area contributed by atoms with Gasteiger partial charge in [-0.05, 0) is 45.2 Å². The summed E-state index contributed by atoms with van der Waals surface area (Å²) in [6.07, 6.45) is 7.24. The highest BCUT2D eigenvalue weighted by Crippen LogP contribution is 2.22. The Hall–Kier alpha value is -1.69. The van der Waals surface area contributed by atoms with Crippen LogP contribution in [0.5, 0.6) is 0 Å². The third-order valence-corrected chi connectivity index (χ3v) is 3.89. The molecular weight excluding hydrogens is 242 g/mol. The van der Waals surface area contributed by atoms with Crippen LogP contribution in [0, 0.1) is 12.8 Å². The molecule has 0 radical (unpaired) electrons. The van der Waals surface area contributed by atoms with Crippen molar-refractivity contribution in [1.82, 2.24) is 25.2 Å². The van der Waals surface area contributed by atoms with Crippen LogP contribution in [-0.4, -0.2) is 38.3 Å². The molecule has 6 nitrogen and oxygen atoms in total. The number of rotatable bonds is 4. The average molecular weight is 261 g/mol. The summed E-state index contributed by atoms with van der Waals surface area (Å²) in [7, 11) is 0. The molecule has 19 heavy (non-hydrogen) atoms. The minimum Gasteiger partial charge on any atom is -0.348 e. The third-order valence-electron chi connectivity index (χ3n) is 3.89. The van der Waals surface area contributed by atoms with E-state index in [2.05, 4.69) is 25.2 Å². The summed E-state index contributed by atoms with van der Waals surface area (Å²) in [4.78, 5) is 9.68. The molecule has 1 N–H and O–H groups in total. The molecule has 1 saturated heterocycles. The maximum absolute atomic E-state index is 4.74. The predicted molar refractivity (Wildman–Crippen MR) is 69.3 cm³/mol. The fourth-order valence-electron chi connectivity index (χ4n) is 2.66. The zero-order valence-electron chi connectivity index (χ0n) is 11.2. The number of likely N-dealkylation sites (tertiary alicyclic amines) is 1. The molecule has 0 bridgehead atoms. The molecule has 2 aromatic rings. The molecule has 3 heterocycles. The zero-order chi connectivity index (χ0) is 13.1. The molecule has 0 unspecified atom stereocenters. The van der Waals surface area contributed by atoms with Crippen molar-refractivity contribution in [3.05, 3.63) is 29.6 Å². The summed E-state index contributed by atoms with van der Waals surface area (Å²) < 4.78 is 4.74. The molecule has 6 heteroatoms. The average Bonchev–Trinajstić information content (AvgIpc) is 3.05. The Balaban J connectivity index is 1.48. The normalized spacial score (nSPS) is 17.9. The van der Waals surface area contributed by atoms with Gasteiger partial charge in [0.25, 0.3) is 0 Å². The summed E-state index contributed by atoms with van der Waals surface area (Å²) in [6, 6.07) is 0. The standard InChI is InChI=1S/C13H19N5O/c1-10-13(17-19-16-10)8-18-4-2-11(3-5-18)6-12-7-14-9-15-12/h7,9,11H,2-6,8H2,1H3,(H,14,15). The molecule has 0 atom stereocenters. The highest BCUT2D eigenvalue weighted by Gasteiger charge is 2.21. The molecule has 1 fully saturated rings. The number of hydrogen-bond donors (Lipinski definition) is 1. The highest BCUT2D eigenvalue weighted by molar-refractivity contribution is 5.04. The second-order valence-corrected chi connectivity index (χ2v) is 5.30. The molecule has 0 aromatic carbocycles. The van der Waals surface area contributed by atoms with Gasteiger partial charge in [-0.25, -0.2) is 9.61 Å². The first kappa shape index (κ1) is 12.3. The minimum absolute atomic E-state index is 0.758. The maximum atomic E-state index is 4.74. The van der Waals surface area contributed by atoms with E-state index in [1.807, 2.05) is 13.1 Å². The first-order valence-electron chi connectivity index (χ1n) is 6.79. The van der Waals surface area contributed by atoms with Gasteiger partial charge in [-0.15, -0.1) is 0 Å². The second-order valence-electron chi connectivity index (χ2n) is 5.30. The Bertz CT molecular complexity index is 499. The summed E-state index contributed by atoms with van der Waals surface area (Å²) in [5.41, 5.74) is 3.11. The first-order valence-corrected chi connectivity index (χ1v) is 6.79. The Morgan fingerprint density at radius 1 is 1.37 bits per heavy atom. The van der Waals surface area contributed by atoms with Gasteiger partial charge in [0.1, 0.15) is 11.4 Å². The summed E-state index contributed by atoms with van der Waals surface area (Å²) in [6.45, 7) is 5.03. The Labute approximate surface area is 112 Å². The van der Waals surface area contributed by atoms with Crippen molar-refractivity contribution in [2.24, 2.45) is 5.92 Å². The second kappa shape index (κ2) is 5.52. The van der Waals surface area contributed by atoms with Crippen LogP contribution in [-0.2, 0) is 13.0 Å². The number of nitrogens with zero attached hydrogens (tertiary/aromatic N) is 4. The maximum Gasteiger partial charge on any atom is 0.122 e. The van der Waals surface area contributed by atoms with Crippen molar-refractivity contribution in [2.45, 2.75) is 32.7 Å². The van der Waals surface area contributed by atoms with E-state index in [1.165, 1.54) is 18.5 Å². The zero-order valence-corrected chi connectivity index (χ0v) is 11.2. The number of aromatic amines is 1. The first-order chi connectivity index (χ1) is 9.31. The molecule has 102 valence electrons. The number of nitrogens with one attached hydrogen (secondary N) is 1. The largest absolute Gasteiger partial charge is 0.348 e. The highest BCUT2D eigenvalue weighted by atomic mass is 16.6. The van der Waals surface area contributed by atoms with Gasteiger partial charge in [-0.3, -0.25) is 4.90 Å². The molecule has 2 aromatic heterocycles. The van der Waals surface area contributed by atoms with Crippen LogP contribution in [0.2, 0.25) is 0 Å². The SMILES string of the molecule is Cc1nonc1CN1CCC(Cc2cnc[nH]2)CC1. The fraction of sp³-hybridized carbons (Fsp3) is 0.615. The monoisotopic (exact) mass is 261 g/mol. The molecular formula is C13H19N5O. The van der Waals surface area contributed by atoms with Crippen molar-refractivity contribution in [3.63, 3.8) is 0 Å². The van der Waals surface area contributed by atoms with Gasteiger partial charge < -0.3 is 4.98 Å². The lowest BCUT2D eigenvalue weighted by molar-refractivity contribution is 0.172. The minimum atomic E-state index is 0.758. The Morgan fingerprint density at radius 2 is 2.21 bits per heavy atom.